The monoisotopic (exact) mass is 579 g/mol. The van der Waals surface area contributed by atoms with Crippen molar-refractivity contribution in [2.45, 2.75) is 50.6 Å². The Morgan fingerprint density at radius 2 is 1.82 bits per heavy atom. The highest BCUT2D eigenvalue weighted by molar-refractivity contribution is 7.88. The maximum Gasteiger partial charge on any atom is 0.236 e. The summed E-state index contributed by atoms with van der Waals surface area (Å²) >= 11 is 6.43. The van der Waals surface area contributed by atoms with Gasteiger partial charge < -0.3 is 25.2 Å². The molecule has 1 aliphatic carbocycles. The Labute approximate surface area is 235 Å². The van der Waals surface area contributed by atoms with Crippen LogP contribution in [0.5, 0.6) is 5.75 Å². The SMILES string of the molecule is COc1cc2c(cc1Nc1ncc(Cl)c(N[C@@H]3CCCC[C@H]3NS(C)(=O)=O)n1)CCN(C(=O)CN(C)C)CC2. The van der Waals surface area contributed by atoms with Crippen LogP contribution in [0.2, 0.25) is 5.02 Å². The summed E-state index contributed by atoms with van der Waals surface area (Å²) in [6.45, 7) is 1.71. The van der Waals surface area contributed by atoms with E-state index in [1.165, 1.54) is 12.5 Å². The number of carbonyl (C=O) groups excluding carboxylic acids is 1. The second-order valence-corrected chi connectivity index (χ2v) is 12.7. The fraction of sp³-hybridized carbons (Fsp3) is 0.577. The van der Waals surface area contributed by atoms with Crippen molar-refractivity contribution in [1.82, 2.24) is 24.5 Å². The average Bonchev–Trinajstić information content (AvgIpc) is 3.07. The lowest BCUT2D eigenvalue weighted by atomic mass is 9.91. The number of benzene rings is 1. The molecular formula is C26H38ClN7O4S. The number of hydrogen-bond donors (Lipinski definition) is 3. The van der Waals surface area contributed by atoms with Gasteiger partial charge in [-0.15, -0.1) is 0 Å². The molecule has 39 heavy (non-hydrogen) atoms. The third kappa shape index (κ3) is 7.93. The third-order valence-corrected chi connectivity index (χ3v) is 8.08. The lowest BCUT2D eigenvalue weighted by molar-refractivity contribution is -0.131. The van der Waals surface area contributed by atoms with Gasteiger partial charge in [-0.05, 0) is 63.0 Å². The van der Waals surface area contributed by atoms with E-state index in [0.717, 1.165) is 49.7 Å². The molecule has 3 N–H and O–H groups in total. The van der Waals surface area contributed by atoms with Crippen molar-refractivity contribution >= 4 is 45.0 Å². The standard InChI is InChI=1S/C26H38ClN7O4S/c1-33(2)16-24(35)34-11-9-17-13-22(23(38-3)14-18(17)10-12-34)30-26-28-15-19(27)25(31-26)29-20-7-5-6-8-21(20)32-39(4,36)37/h13-15,20-21,32H,5-12,16H2,1-4H3,(H2,28,29,30,31)/t20-,21-/m1/s1. The van der Waals surface area contributed by atoms with Crippen LogP contribution in [-0.4, -0.2) is 93.3 Å². The number of aromatic nitrogens is 2. The molecule has 2 atom stereocenters. The van der Waals surface area contributed by atoms with Gasteiger partial charge in [0.05, 0.1) is 31.8 Å². The highest BCUT2D eigenvalue weighted by Crippen LogP contribution is 2.33. The number of sulfonamides is 1. The molecule has 1 aliphatic heterocycles. The van der Waals surface area contributed by atoms with E-state index >= 15 is 0 Å². The Bertz CT molecular complexity index is 1290. The topological polar surface area (TPSA) is 129 Å². The van der Waals surface area contributed by atoms with Gasteiger partial charge in [0.2, 0.25) is 21.9 Å². The molecule has 0 radical (unpaired) electrons. The number of nitrogens with one attached hydrogen (secondary N) is 3. The van der Waals surface area contributed by atoms with Crippen LogP contribution in [0.4, 0.5) is 17.5 Å². The molecular weight excluding hydrogens is 542 g/mol. The van der Waals surface area contributed by atoms with Crippen molar-refractivity contribution < 1.29 is 17.9 Å². The molecule has 1 fully saturated rings. The zero-order valence-corrected chi connectivity index (χ0v) is 24.5. The number of methoxy groups -OCH3 is 1. The lowest BCUT2D eigenvalue weighted by Gasteiger charge is -2.32. The quantitative estimate of drug-likeness (QED) is 0.410. The molecule has 1 amide bonds. The second kappa shape index (κ2) is 12.7. The fourth-order valence-corrected chi connectivity index (χ4v) is 6.16. The molecule has 13 heteroatoms. The largest absolute Gasteiger partial charge is 0.495 e. The van der Waals surface area contributed by atoms with Crippen molar-refractivity contribution in [3.05, 3.63) is 34.5 Å². The van der Waals surface area contributed by atoms with Gasteiger partial charge in [0, 0.05) is 25.2 Å². The van der Waals surface area contributed by atoms with Gasteiger partial charge in [0.25, 0.3) is 0 Å². The van der Waals surface area contributed by atoms with Crippen LogP contribution in [0.25, 0.3) is 0 Å². The van der Waals surface area contributed by atoms with Crippen LogP contribution in [-0.2, 0) is 27.7 Å². The van der Waals surface area contributed by atoms with Gasteiger partial charge in [-0.3, -0.25) is 4.79 Å². The number of carbonyl (C=O) groups is 1. The first-order valence-corrected chi connectivity index (χ1v) is 15.4. The van der Waals surface area contributed by atoms with Crippen molar-refractivity contribution in [2.75, 3.05) is 57.7 Å². The summed E-state index contributed by atoms with van der Waals surface area (Å²) in [4.78, 5) is 25.4. The second-order valence-electron chi connectivity index (χ2n) is 10.5. The summed E-state index contributed by atoms with van der Waals surface area (Å²) in [5, 5.41) is 6.95. The first-order valence-electron chi connectivity index (χ1n) is 13.2. The van der Waals surface area contributed by atoms with Crippen LogP contribution in [0.3, 0.4) is 0 Å². The molecule has 0 saturated heterocycles. The minimum absolute atomic E-state index is 0.125. The highest BCUT2D eigenvalue weighted by atomic mass is 35.5. The summed E-state index contributed by atoms with van der Waals surface area (Å²) in [7, 11) is 2.06. The Kier molecular flexibility index (Phi) is 9.52. The summed E-state index contributed by atoms with van der Waals surface area (Å²) < 4.78 is 32.1. The van der Waals surface area contributed by atoms with Crippen LogP contribution >= 0.6 is 11.6 Å². The maximum atomic E-state index is 12.6. The molecule has 0 unspecified atom stereocenters. The molecule has 0 spiro atoms. The van der Waals surface area contributed by atoms with E-state index in [1.54, 1.807) is 7.11 Å². The summed E-state index contributed by atoms with van der Waals surface area (Å²) in [5.41, 5.74) is 3.01. The molecule has 2 aromatic rings. The first-order chi connectivity index (χ1) is 18.5. The van der Waals surface area contributed by atoms with Gasteiger partial charge in [-0.1, -0.05) is 24.4 Å². The van der Waals surface area contributed by atoms with Crippen molar-refractivity contribution in [2.24, 2.45) is 0 Å². The molecule has 11 nitrogen and oxygen atoms in total. The third-order valence-electron chi connectivity index (χ3n) is 7.07. The number of anilines is 3. The normalized spacial score (nSPS) is 19.8. The van der Waals surface area contributed by atoms with Crippen LogP contribution in [0.1, 0.15) is 36.8 Å². The maximum absolute atomic E-state index is 12.6. The average molecular weight is 580 g/mol. The molecule has 1 aromatic carbocycles. The molecule has 4 rings (SSSR count). The molecule has 1 saturated carbocycles. The van der Waals surface area contributed by atoms with E-state index in [2.05, 4.69) is 25.3 Å². The van der Waals surface area contributed by atoms with Crippen molar-refractivity contribution in [1.29, 1.82) is 0 Å². The van der Waals surface area contributed by atoms with Gasteiger partial charge in [-0.2, -0.15) is 4.98 Å². The molecule has 2 heterocycles. The molecule has 0 bridgehead atoms. The Morgan fingerprint density at radius 3 is 2.46 bits per heavy atom. The molecule has 214 valence electrons. The highest BCUT2D eigenvalue weighted by Gasteiger charge is 2.28. The van der Waals surface area contributed by atoms with Gasteiger partial charge in [0.1, 0.15) is 10.8 Å². The van der Waals surface area contributed by atoms with E-state index in [1.807, 2.05) is 36.0 Å². The number of rotatable bonds is 9. The number of likely N-dealkylation sites (N-methyl/N-ethyl adjacent to an activating group) is 1. The van der Waals surface area contributed by atoms with Crippen LogP contribution in [0.15, 0.2) is 18.3 Å². The van der Waals surface area contributed by atoms with Crippen molar-refractivity contribution in [3.8, 4) is 5.75 Å². The Hall–Kier alpha value is -2.67. The number of ether oxygens (including phenoxy) is 1. The number of halogens is 1. The smallest absolute Gasteiger partial charge is 0.236 e. The van der Waals surface area contributed by atoms with E-state index in [-0.39, 0.29) is 18.0 Å². The number of fused-ring (bicyclic) bond motifs is 1. The summed E-state index contributed by atoms with van der Waals surface area (Å²) in [5.74, 6) is 1.55. The lowest BCUT2D eigenvalue weighted by Crippen LogP contribution is -2.48. The number of hydrogen-bond acceptors (Lipinski definition) is 9. The van der Waals surface area contributed by atoms with Crippen LogP contribution in [0, 0.1) is 0 Å². The summed E-state index contributed by atoms with van der Waals surface area (Å²) in [6, 6.07) is 3.65. The van der Waals surface area contributed by atoms with Gasteiger partial charge >= 0.3 is 0 Å². The Morgan fingerprint density at radius 1 is 1.15 bits per heavy atom. The van der Waals surface area contributed by atoms with Crippen molar-refractivity contribution in [3.63, 3.8) is 0 Å². The number of amides is 1. The zero-order valence-electron chi connectivity index (χ0n) is 23.0. The minimum Gasteiger partial charge on any atom is -0.495 e. The van der Waals surface area contributed by atoms with E-state index < -0.39 is 10.0 Å². The van der Waals surface area contributed by atoms with Crippen LogP contribution < -0.4 is 20.1 Å². The zero-order chi connectivity index (χ0) is 28.2. The first kappa shape index (κ1) is 29.3. The predicted molar refractivity (Wildman–Crippen MR) is 154 cm³/mol. The molecule has 2 aliphatic rings. The van der Waals surface area contributed by atoms with E-state index in [0.29, 0.717) is 47.9 Å². The minimum atomic E-state index is -3.35. The summed E-state index contributed by atoms with van der Waals surface area (Å²) in [6.07, 6.45) is 7.65. The molecule has 1 aromatic heterocycles. The predicted octanol–water partition coefficient (Wildman–Crippen LogP) is 2.64. The Balaban J connectivity index is 1.52. The van der Waals surface area contributed by atoms with E-state index in [9.17, 15) is 13.2 Å². The fourth-order valence-electron chi connectivity index (χ4n) is 5.19. The van der Waals surface area contributed by atoms with Gasteiger partial charge in [0.15, 0.2) is 5.82 Å². The van der Waals surface area contributed by atoms with E-state index in [4.69, 9.17) is 16.3 Å². The number of nitrogens with zero attached hydrogens (tertiary/aromatic N) is 4. The van der Waals surface area contributed by atoms with Gasteiger partial charge in [-0.25, -0.2) is 18.1 Å².